The van der Waals surface area contributed by atoms with Crippen molar-refractivity contribution in [3.05, 3.63) is 36.0 Å². The zero-order valence-electron chi connectivity index (χ0n) is 9.30. The summed E-state index contributed by atoms with van der Waals surface area (Å²) >= 11 is 0. The van der Waals surface area contributed by atoms with Gasteiger partial charge >= 0.3 is 5.97 Å². The van der Waals surface area contributed by atoms with Crippen molar-refractivity contribution in [1.29, 1.82) is 0 Å². The van der Waals surface area contributed by atoms with Crippen LogP contribution in [0.15, 0.2) is 30.5 Å². The summed E-state index contributed by atoms with van der Waals surface area (Å²) in [6, 6.07) is 7.12. The highest BCUT2D eigenvalue weighted by molar-refractivity contribution is 6.03. The van der Waals surface area contributed by atoms with E-state index in [1.54, 1.807) is 29.8 Å². The first-order valence-electron chi connectivity index (χ1n) is 5.15. The van der Waals surface area contributed by atoms with Crippen molar-refractivity contribution in [2.75, 3.05) is 7.05 Å². The third-order valence-electron chi connectivity index (χ3n) is 2.61. The van der Waals surface area contributed by atoms with Gasteiger partial charge in [0.15, 0.2) is 0 Å². The fourth-order valence-electron chi connectivity index (χ4n) is 1.78. The lowest BCUT2D eigenvalue weighted by Crippen LogP contribution is -2.23. The predicted octanol–water partition coefficient (Wildman–Crippen LogP) is 1.09. The second kappa shape index (κ2) is 4.29. The van der Waals surface area contributed by atoms with Gasteiger partial charge in [-0.3, -0.25) is 4.79 Å². The molecule has 1 aromatic heterocycles. The highest BCUT2D eigenvalue weighted by atomic mass is 16.4. The van der Waals surface area contributed by atoms with Gasteiger partial charge < -0.3 is 15.0 Å². The molecule has 1 heterocycles. The molecule has 0 radical (unpaired) electrons. The van der Waals surface area contributed by atoms with E-state index in [0.29, 0.717) is 5.39 Å². The van der Waals surface area contributed by atoms with E-state index in [1.165, 1.54) is 6.20 Å². The van der Waals surface area contributed by atoms with Crippen LogP contribution >= 0.6 is 0 Å². The van der Waals surface area contributed by atoms with Crippen molar-refractivity contribution in [3.8, 4) is 0 Å². The zero-order valence-corrected chi connectivity index (χ0v) is 9.30. The molecule has 1 amide bonds. The molecule has 0 aliphatic rings. The average molecular weight is 232 g/mol. The summed E-state index contributed by atoms with van der Waals surface area (Å²) in [7, 11) is 1.55. The van der Waals surface area contributed by atoms with Gasteiger partial charge in [0.1, 0.15) is 6.54 Å². The van der Waals surface area contributed by atoms with Gasteiger partial charge in [-0.1, -0.05) is 18.2 Å². The SMILES string of the molecule is CNC(=O)Cn1cc(C(=O)O)c2ccccc21. The molecule has 0 aliphatic heterocycles. The van der Waals surface area contributed by atoms with Gasteiger partial charge in [-0.05, 0) is 6.07 Å². The van der Waals surface area contributed by atoms with E-state index in [0.717, 1.165) is 5.52 Å². The Morgan fingerprint density at radius 3 is 2.71 bits per heavy atom. The van der Waals surface area contributed by atoms with E-state index in [1.807, 2.05) is 6.07 Å². The van der Waals surface area contributed by atoms with E-state index in [2.05, 4.69) is 5.32 Å². The highest BCUT2D eigenvalue weighted by Crippen LogP contribution is 2.21. The first kappa shape index (κ1) is 11.2. The number of benzene rings is 1. The molecule has 88 valence electrons. The number of carboxylic acids is 1. The van der Waals surface area contributed by atoms with Crippen LogP contribution in [0.25, 0.3) is 10.9 Å². The molecule has 1 aromatic carbocycles. The zero-order chi connectivity index (χ0) is 12.4. The Morgan fingerprint density at radius 2 is 2.06 bits per heavy atom. The van der Waals surface area contributed by atoms with E-state index < -0.39 is 5.97 Å². The number of fused-ring (bicyclic) bond motifs is 1. The van der Waals surface area contributed by atoms with E-state index >= 15 is 0 Å². The molecular formula is C12H12N2O3. The minimum Gasteiger partial charge on any atom is -0.478 e. The number of hydrogen-bond acceptors (Lipinski definition) is 2. The topological polar surface area (TPSA) is 71.3 Å². The Balaban J connectivity index is 2.56. The number of nitrogens with one attached hydrogen (secondary N) is 1. The van der Waals surface area contributed by atoms with Crippen LogP contribution in [0.5, 0.6) is 0 Å². The van der Waals surface area contributed by atoms with Gasteiger partial charge in [-0.25, -0.2) is 4.79 Å². The number of aromatic nitrogens is 1. The Hall–Kier alpha value is -2.30. The van der Waals surface area contributed by atoms with Crippen LogP contribution in [0, 0.1) is 0 Å². The summed E-state index contributed by atoms with van der Waals surface area (Å²) in [5.41, 5.74) is 0.956. The van der Waals surface area contributed by atoms with Crippen molar-refractivity contribution in [1.82, 2.24) is 9.88 Å². The quantitative estimate of drug-likeness (QED) is 0.832. The summed E-state index contributed by atoms with van der Waals surface area (Å²) in [6.45, 7) is 0.115. The molecule has 0 aliphatic carbocycles. The largest absolute Gasteiger partial charge is 0.478 e. The van der Waals surface area contributed by atoms with Crippen LogP contribution in [0.3, 0.4) is 0 Å². The van der Waals surface area contributed by atoms with E-state index in [-0.39, 0.29) is 18.0 Å². The molecule has 0 fully saturated rings. The molecule has 0 unspecified atom stereocenters. The minimum atomic E-state index is -0.989. The summed E-state index contributed by atoms with van der Waals surface area (Å²) < 4.78 is 1.64. The van der Waals surface area contributed by atoms with Crippen LogP contribution in [-0.2, 0) is 11.3 Å². The Bertz CT molecular complexity index is 586. The highest BCUT2D eigenvalue weighted by Gasteiger charge is 2.14. The van der Waals surface area contributed by atoms with Gasteiger partial charge in [-0.15, -0.1) is 0 Å². The van der Waals surface area contributed by atoms with Crippen LogP contribution < -0.4 is 5.32 Å². The molecule has 5 nitrogen and oxygen atoms in total. The van der Waals surface area contributed by atoms with Crippen molar-refractivity contribution in [3.63, 3.8) is 0 Å². The molecule has 0 bridgehead atoms. The summed E-state index contributed by atoms with van der Waals surface area (Å²) in [5, 5.41) is 12.2. The van der Waals surface area contributed by atoms with E-state index in [9.17, 15) is 9.59 Å². The van der Waals surface area contributed by atoms with Crippen LogP contribution in [-0.4, -0.2) is 28.6 Å². The third kappa shape index (κ3) is 1.99. The van der Waals surface area contributed by atoms with Crippen LogP contribution in [0.1, 0.15) is 10.4 Å². The summed E-state index contributed by atoms with van der Waals surface area (Å²) in [6.07, 6.45) is 1.49. The minimum absolute atomic E-state index is 0.115. The van der Waals surface area contributed by atoms with Crippen molar-refractivity contribution < 1.29 is 14.7 Å². The molecule has 5 heteroatoms. The lowest BCUT2D eigenvalue weighted by Gasteiger charge is -2.03. The Labute approximate surface area is 97.7 Å². The monoisotopic (exact) mass is 232 g/mol. The van der Waals surface area contributed by atoms with Crippen LogP contribution in [0.2, 0.25) is 0 Å². The second-order valence-electron chi connectivity index (χ2n) is 3.67. The number of amides is 1. The maximum Gasteiger partial charge on any atom is 0.337 e. The first-order valence-corrected chi connectivity index (χ1v) is 5.15. The summed E-state index contributed by atoms with van der Waals surface area (Å²) in [5.74, 6) is -1.15. The molecule has 0 spiro atoms. The lowest BCUT2D eigenvalue weighted by atomic mass is 10.2. The number of likely N-dealkylation sites (N-methyl/N-ethyl adjacent to an activating group) is 1. The normalized spacial score (nSPS) is 10.4. The number of para-hydroxylation sites is 1. The van der Waals surface area contributed by atoms with E-state index in [4.69, 9.17) is 5.11 Å². The number of rotatable bonds is 3. The maximum absolute atomic E-state index is 11.3. The maximum atomic E-state index is 11.3. The number of aromatic carboxylic acids is 1. The number of carboxylic acid groups (broad SMARTS) is 1. The number of hydrogen-bond donors (Lipinski definition) is 2. The van der Waals surface area contributed by atoms with Gasteiger partial charge in [-0.2, -0.15) is 0 Å². The molecule has 2 rings (SSSR count). The molecule has 0 atom stereocenters. The Kier molecular flexibility index (Phi) is 2.82. The smallest absolute Gasteiger partial charge is 0.337 e. The third-order valence-corrected chi connectivity index (χ3v) is 2.61. The fourth-order valence-corrected chi connectivity index (χ4v) is 1.78. The first-order chi connectivity index (χ1) is 8.13. The van der Waals surface area contributed by atoms with Gasteiger partial charge in [0.2, 0.25) is 5.91 Å². The molecule has 2 N–H and O–H groups in total. The van der Waals surface area contributed by atoms with Gasteiger partial charge in [0.05, 0.1) is 5.56 Å². The van der Waals surface area contributed by atoms with Gasteiger partial charge in [0.25, 0.3) is 0 Å². The molecule has 0 saturated heterocycles. The second-order valence-corrected chi connectivity index (χ2v) is 3.67. The molecule has 2 aromatic rings. The number of carbonyl (C=O) groups excluding carboxylic acids is 1. The van der Waals surface area contributed by atoms with Crippen molar-refractivity contribution in [2.24, 2.45) is 0 Å². The molecular weight excluding hydrogens is 220 g/mol. The standard InChI is InChI=1S/C12H12N2O3/c1-13-11(15)7-14-6-9(12(16)17)8-4-2-3-5-10(8)14/h2-6H,7H2,1H3,(H,13,15)(H,16,17). The fraction of sp³-hybridized carbons (Fsp3) is 0.167. The predicted molar refractivity (Wildman–Crippen MR) is 63.0 cm³/mol. The van der Waals surface area contributed by atoms with Crippen LogP contribution in [0.4, 0.5) is 0 Å². The average Bonchev–Trinajstić information content (AvgIpc) is 2.68. The summed E-state index contributed by atoms with van der Waals surface area (Å²) in [4.78, 5) is 22.4. The Morgan fingerprint density at radius 1 is 1.35 bits per heavy atom. The molecule has 17 heavy (non-hydrogen) atoms. The van der Waals surface area contributed by atoms with Gasteiger partial charge in [0, 0.05) is 24.1 Å². The lowest BCUT2D eigenvalue weighted by molar-refractivity contribution is -0.121. The molecule has 0 saturated carbocycles. The van der Waals surface area contributed by atoms with Crippen molar-refractivity contribution >= 4 is 22.8 Å². The van der Waals surface area contributed by atoms with Crippen molar-refractivity contribution in [2.45, 2.75) is 6.54 Å². The number of carbonyl (C=O) groups is 2. The number of nitrogens with zero attached hydrogens (tertiary/aromatic N) is 1.